The lowest BCUT2D eigenvalue weighted by molar-refractivity contribution is -0.113. The first kappa shape index (κ1) is 16.9. The van der Waals surface area contributed by atoms with E-state index in [2.05, 4.69) is 5.32 Å². The smallest absolute Gasteiger partial charge is 0.239 e. The Kier molecular flexibility index (Phi) is 5.95. The minimum atomic E-state index is -3.46. The number of anilines is 1. The van der Waals surface area contributed by atoms with E-state index in [9.17, 15) is 17.6 Å². The van der Waals surface area contributed by atoms with Gasteiger partial charge in [-0.15, -0.1) is 0 Å². The first-order valence-electron chi connectivity index (χ1n) is 6.19. The van der Waals surface area contributed by atoms with Gasteiger partial charge in [0.25, 0.3) is 0 Å². The van der Waals surface area contributed by atoms with Crippen molar-refractivity contribution in [2.24, 2.45) is 5.92 Å². The molecule has 0 aliphatic carbocycles. The summed E-state index contributed by atoms with van der Waals surface area (Å²) in [6, 6.07) is 3.47. The molecule has 0 aliphatic heterocycles. The second kappa shape index (κ2) is 7.04. The van der Waals surface area contributed by atoms with Crippen LogP contribution in [0.2, 0.25) is 5.02 Å². The highest BCUT2D eigenvalue weighted by Gasteiger charge is 2.20. The summed E-state index contributed by atoms with van der Waals surface area (Å²) in [5.74, 6) is -1.85. The number of sulfone groups is 1. The summed E-state index contributed by atoms with van der Waals surface area (Å²) in [5, 5.41) is 2.39. The summed E-state index contributed by atoms with van der Waals surface area (Å²) >= 11 is 5.75. The van der Waals surface area contributed by atoms with Gasteiger partial charge in [0.15, 0.2) is 9.84 Å². The van der Waals surface area contributed by atoms with Crippen LogP contribution >= 0.6 is 11.6 Å². The quantitative estimate of drug-likeness (QED) is 0.876. The predicted octanol–water partition coefficient (Wildman–Crippen LogP) is 2.88. The SMILES string of the molecule is CCC(C)CS(=O)(=O)CC(=O)Nc1ccc(F)cc1Cl. The number of benzene rings is 1. The number of rotatable bonds is 6. The lowest BCUT2D eigenvalue weighted by Gasteiger charge is -2.10. The van der Waals surface area contributed by atoms with Gasteiger partial charge >= 0.3 is 0 Å². The molecule has 1 aromatic carbocycles. The molecule has 0 heterocycles. The second-order valence-electron chi connectivity index (χ2n) is 4.74. The summed E-state index contributed by atoms with van der Waals surface area (Å²) in [6.07, 6.45) is 0.727. The average Bonchev–Trinajstić information content (AvgIpc) is 2.31. The fourth-order valence-corrected chi connectivity index (χ4v) is 3.49. The van der Waals surface area contributed by atoms with Crippen LogP contribution in [0.5, 0.6) is 0 Å². The van der Waals surface area contributed by atoms with Crippen molar-refractivity contribution in [2.45, 2.75) is 20.3 Å². The Morgan fingerprint density at radius 3 is 2.65 bits per heavy atom. The molecule has 0 saturated heterocycles. The largest absolute Gasteiger partial charge is 0.324 e. The Bertz CT molecular complexity index is 589. The fourth-order valence-electron chi connectivity index (χ4n) is 1.59. The molecule has 1 atom stereocenters. The molecule has 0 radical (unpaired) electrons. The maximum Gasteiger partial charge on any atom is 0.239 e. The van der Waals surface area contributed by atoms with E-state index in [-0.39, 0.29) is 22.4 Å². The summed E-state index contributed by atoms with van der Waals surface area (Å²) in [7, 11) is -3.46. The molecule has 0 saturated carbocycles. The van der Waals surface area contributed by atoms with Crippen LogP contribution in [0.1, 0.15) is 20.3 Å². The summed E-state index contributed by atoms with van der Waals surface area (Å²) < 4.78 is 36.4. The molecule has 1 rings (SSSR count). The third kappa shape index (κ3) is 5.46. The number of amides is 1. The Morgan fingerprint density at radius 1 is 1.45 bits per heavy atom. The molecule has 1 aromatic rings. The highest BCUT2D eigenvalue weighted by atomic mass is 35.5. The van der Waals surface area contributed by atoms with Crippen LogP contribution in [0.4, 0.5) is 10.1 Å². The standard InChI is InChI=1S/C13H17ClFNO3S/c1-3-9(2)7-20(18,19)8-13(17)16-12-5-4-10(15)6-11(12)14/h4-6,9H,3,7-8H2,1-2H3,(H,16,17). The van der Waals surface area contributed by atoms with Crippen LogP contribution in [0.3, 0.4) is 0 Å². The lowest BCUT2D eigenvalue weighted by Crippen LogP contribution is -2.26. The van der Waals surface area contributed by atoms with E-state index in [0.717, 1.165) is 18.6 Å². The van der Waals surface area contributed by atoms with Gasteiger partial charge in [0, 0.05) is 0 Å². The molecule has 112 valence electrons. The van der Waals surface area contributed by atoms with E-state index in [1.54, 1.807) is 0 Å². The zero-order valence-corrected chi connectivity index (χ0v) is 12.9. The van der Waals surface area contributed by atoms with E-state index in [0.29, 0.717) is 0 Å². The molecule has 1 N–H and O–H groups in total. The molecule has 4 nitrogen and oxygen atoms in total. The van der Waals surface area contributed by atoms with E-state index < -0.39 is 27.3 Å². The molecular formula is C13H17ClFNO3S. The Labute approximate surface area is 123 Å². The van der Waals surface area contributed by atoms with E-state index in [4.69, 9.17) is 11.6 Å². The molecular weight excluding hydrogens is 305 g/mol. The monoisotopic (exact) mass is 321 g/mol. The van der Waals surface area contributed by atoms with Crippen molar-refractivity contribution in [1.29, 1.82) is 0 Å². The topological polar surface area (TPSA) is 63.2 Å². The second-order valence-corrected chi connectivity index (χ2v) is 7.26. The Balaban J connectivity index is 2.68. The molecule has 0 fully saturated rings. The van der Waals surface area contributed by atoms with Crippen molar-refractivity contribution in [2.75, 3.05) is 16.8 Å². The maximum atomic E-state index is 12.8. The van der Waals surface area contributed by atoms with Gasteiger partial charge in [0.1, 0.15) is 11.6 Å². The number of carbonyl (C=O) groups is 1. The van der Waals surface area contributed by atoms with Gasteiger partial charge in [0.05, 0.1) is 16.5 Å². The number of halogens is 2. The molecule has 0 aliphatic rings. The third-order valence-corrected chi connectivity index (χ3v) is 4.88. The van der Waals surface area contributed by atoms with E-state index >= 15 is 0 Å². The minimum Gasteiger partial charge on any atom is -0.324 e. The summed E-state index contributed by atoms with van der Waals surface area (Å²) in [4.78, 5) is 11.7. The van der Waals surface area contributed by atoms with Gasteiger partial charge in [-0.2, -0.15) is 0 Å². The van der Waals surface area contributed by atoms with Crippen LogP contribution in [-0.4, -0.2) is 25.8 Å². The molecule has 1 amide bonds. The van der Waals surface area contributed by atoms with Crippen LogP contribution in [0, 0.1) is 11.7 Å². The van der Waals surface area contributed by atoms with Crippen molar-refractivity contribution in [3.63, 3.8) is 0 Å². The fraction of sp³-hybridized carbons (Fsp3) is 0.462. The van der Waals surface area contributed by atoms with Crippen molar-refractivity contribution >= 4 is 33.0 Å². The molecule has 0 spiro atoms. The van der Waals surface area contributed by atoms with Crippen LogP contribution in [0.15, 0.2) is 18.2 Å². The normalized spacial score (nSPS) is 13.0. The van der Waals surface area contributed by atoms with Gasteiger partial charge in [-0.1, -0.05) is 31.9 Å². The van der Waals surface area contributed by atoms with Crippen molar-refractivity contribution in [1.82, 2.24) is 0 Å². The number of nitrogens with one attached hydrogen (secondary N) is 1. The number of carbonyl (C=O) groups excluding carboxylic acids is 1. The Morgan fingerprint density at radius 2 is 2.10 bits per heavy atom. The van der Waals surface area contributed by atoms with E-state index in [1.807, 2.05) is 13.8 Å². The van der Waals surface area contributed by atoms with Gasteiger partial charge < -0.3 is 5.32 Å². The first-order valence-corrected chi connectivity index (χ1v) is 8.38. The molecule has 0 bridgehead atoms. The Hall–Kier alpha value is -1.14. The van der Waals surface area contributed by atoms with Gasteiger partial charge in [-0.25, -0.2) is 12.8 Å². The van der Waals surface area contributed by atoms with E-state index in [1.165, 1.54) is 6.07 Å². The average molecular weight is 322 g/mol. The number of hydrogen-bond acceptors (Lipinski definition) is 3. The van der Waals surface area contributed by atoms with Crippen LogP contribution in [-0.2, 0) is 14.6 Å². The predicted molar refractivity (Wildman–Crippen MR) is 78.1 cm³/mol. The number of hydrogen-bond donors (Lipinski definition) is 1. The summed E-state index contributed by atoms with van der Waals surface area (Å²) in [5.41, 5.74) is 0.191. The zero-order valence-electron chi connectivity index (χ0n) is 11.3. The van der Waals surface area contributed by atoms with Gasteiger partial charge in [-0.3, -0.25) is 4.79 Å². The zero-order chi connectivity index (χ0) is 15.3. The maximum absolute atomic E-state index is 12.8. The summed E-state index contributed by atoms with van der Waals surface area (Å²) in [6.45, 7) is 3.70. The van der Waals surface area contributed by atoms with Crippen LogP contribution < -0.4 is 5.32 Å². The van der Waals surface area contributed by atoms with Crippen molar-refractivity contribution in [3.8, 4) is 0 Å². The molecule has 7 heteroatoms. The highest BCUT2D eigenvalue weighted by Crippen LogP contribution is 2.22. The molecule has 20 heavy (non-hydrogen) atoms. The molecule has 1 unspecified atom stereocenters. The van der Waals surface area contributed by atoms with Crippen molar-refractivity contribution < 1.29 is 17.6 Å². The van der Waals surface area contributed by atoms with Gasteiger partial charge in [-0.05, 0) is 24.1 Å². The van der Waals surface area contributed by atoms with Crippen LogP contribution in [0.25, 0.3) is 0 Å². The highest BCUT2D eigenvalue weighted by molar-refractivity contribution is 7.92. The molecule has 0 aromatic heterocycles. The first-order chi connectivity index (χ1) is 9.23. The third-order valence-electron chi connectivity index (χ3n) is 2.79. The van der Waals surface area contributed by atoms with Gasteiger partial charge in [0.2, 0.25) is 5.91 Å². The van der Waals surface area contributed by atoms with Crippen molar-refractivity contribution in [3.05, 3.63) is 29.0 Å². The lowest BCUT2D eigenvalue weighted by atomic mass is 10.2. The minimum absolute atomic E-state index is 0.00205.